The number of carbonyl (C=O) groups excluding carboxylic acids is 1. The predicted octanol–water partition coefficient (Wildman–Crippen LogP) is 9.22. The van der Waals surface area contributed by atoms with Gasteiger partial charge in [0.25, 0.3) is 0 Å². The van der Waals surface area contributed by atoms with Gasteiger partial charge in [-0.25, -0.2) is 9.59 Å². The van der Waals surface area contributed by atoms with Crippen molar-refractivity contribution >= 4 is 67.1 Å². The van der Waals surface area contributed by atoms with Crippen molar-refractivity contribution in [2.24, 2.45) is 0 Å². The van der Waals surface area contributed by atoms with E-state index in [4.69, 9.17) is 4.42 Å². The first-order valence-corrected chi connectivity index (χ1v) is 26.0. The first-order valence-electron chi connectivity index (χ1n) is 23.5. The fraction of sp³-hybridized carbons (Fsp3) is 0.255. The number of para-hydroxylation sites is 1. The molecule has 16 nitrogen and oxygen atoms in total. The van der Waals surface area contributed by atoms with E-state index in [9.17, 15) is 56.2 Å². The number of unbranched alkanes of at least 4 members (excludes halogenated alkanes) is 2. The molecule has 0 aromatic heterocycles. The topological polar surface area (TPSA) is 255 Å². The van der Waals surface area contributed by atoms with E-state index in [1.165, 1.54) is 48.5 Å². The van der Waals surface area contributed by atoms with Gasteiger partial charge in [-0.2, -0.15) is 13.0 Å². The first kappa shape index (κ1) is 51.8. The van der Waals surface area contributed by atoms with Gasteiger partial charge < -0.3 is 34.5 Å². The number of carbonyl (C=O) groups is 3. The molecule has 1 unspecified atom stereocenters. The number of allylic oxidation sites excluding steroid dienone is 6. The number of rotatable bonds is 17. The van der Waals surface area contributed by atoms with Crippen LogP contribution in [0.15, 0.2) is 140 Å². The molecule has 0 saturated carbocycles. The number of carboxylic acids is 2. The second-order valence-electron chi connectivity index (χ2n) is 18.9. The molecule has 1 aliphatic carbocycles. The quantitative estimate of drug-likeness (QED) is 0.0143. The van der Waals surface area contributed by atoms with Crippen LogP contribution in [0.3, 0.4) is 0 Å². The van der Waals surface area contributed by atoms with E-state index in [1.54, 1.807) is 18.2 Å². The van der Waals surface area contributed by atoms with E-state index in [0.717, 1.165) is 28.7 Å². The number of hydrogen-bond donors (Lipinski definition) is 5. The van der Waals surface area contributed by atoms with Crippen molar-refractivity contribution in [3.05, 3.63) is 159 Å². The zero-order valence-electron chi connectivity index (χ0n) is 40.6. The van der Waals surface area contributed by atoms with Crippen LogP contribution in [0.5, 0.6) is 5.75 Å². The maximum absolute atomic E-state index is 13.4. The van der Waals surface area contributed by atoms with Crippen molar-refractivity contribution in [1.82, 2.24) is 5.32 Å². The van der Waals surface area contributed by atoms with Gasteiger partial charge in [-0.1, -0.05) is 50.3 Å². The van der Waals surface area contributed by atoms with Gasteiger partial charge in [0.2, 0.25) is 11.6 Å². The van der Waals surface area contributed by atoms with E-state index in [2.05, 4.69) is 24.1 Å². The number of nitrogens with zero attached hydrogens (tertiary/aromatic N) is 2. The molecule has 0 saturated heterocycles. The molecule has 5 N–H and O–H groups in total. The fourth-order valence-corrected chi connectivity index (χ4v) is 11.2. The summed E-state index contributed by atoms with van der Waals surface area (Å²) in [5, 5.41) is 34.0. The molecule has 4 aliphatic rings. The molecule has 4 aromatic carbocycles. The summed E-state index contributed by atoms with van der Waals surface area (Å²) in [4.78, 5) is 52.3. The third-order valence-electron chi connectivity index (χ3n) is 13.7. The molecular weight excluding hydrogens is 975 g/mol. The zero-order chi connectivity index (χ0) is 52.7. The van der Waals surface area contributed by atoms with Crippen LogP contribution < -0.4 is 15.6 Å². The minimum atomic E-state index is -4.63. The lowest BCUT2D eigenvalue weighted by atomic mass is 9.81. The normalized spacial score (nSPS) is 16.0. The van der Waals surface area contributed by atoms with Crippen LogP contribution >= 0.6 is 0 Å². The Bertz CT molecular complexity index is 3570. The number of phenols is 1. The summed E-state index contributed by atoms with van der Waals surface area (Å²) in [5.74, 6) is -3.24. The van der Waals surface area contributed by atoms with E-state index in [-0.39, 0.29) is 68.0 Å². The van der Waals surface area contributed by atoms with Crippen LogP contribution in [0.25, 0.3) is 33.4 Å². The summed E-state index contributed by atoms with van der Waals surface area (Å²) in [6.45, 7) is 10.9. The number of benzene rings is 5. The maximum atomic E-state index is 13.4. The van der Waals surface area contributed by atoms with E-state index in [1.807, 2.05) is 67.9 Å². The molecular formula is C55H53N3O13S2. The lowest BCUT2D eigenvalue weighted by Gasteiger charge is -2.25. The number of phenolic OH excluding ortho intramolecular Hbond substituents is 1. The Balaban J connectivity index is 1.000. The van der Waals surface area contributed by atoms with Crippen LogP contribution in [0.1, 0.15) is 97.7 Å². The van der Waals surface area contributed by atoms with Crippen LogP contribution in [0, 0.1) is 0 Å². The average molecular weight is 1030 g/mol. The van der Waals surface area contributed by atoms with Gasteiger partial charge in [-0.05, 0) is 123 Å². The van der Waals surface area contributed by atoms with Gasteiger partial charge in [0.05, 0.1) is 28.7 Å². The van der Waals surface area contributed by atoms with Gasteiger partial charge in [-0.15, -0.1) is 0 Å². The molecule has 4 aromatic rings. The Morgan fingerprint density at radius 2 is 1.62 bits per heavy atom. The van der Waals surface area contributed by atoms with Gasteiger partial charge in [0.1, 0.15) is 23.6 Å². The fourth-order valence-electron chi connectivity index (χ4n) is 10.1. The van der Waals surface area contributed by atoms with Crippen LogP contribution in [0.2, 0.25) is 0 Å². The van der Waals surface area contributed by atoms with Crippen LogP contribution in [-0.2, 0) is 43.4 Å². The lowest BCUT2D eigenvalue weighted by Crippen LogP contribution is -2.28. The number of anilines is 1. The molecule has 0 radical (unpaired) electrons. The summed E-state index contributed by atoms with van der Waals surface area (Å²) >= 11 is -2.37. The monoisotopic (exact) mass is 1030 g/mol. The Morgan fingerprint density at radius 3 is 2.32 bits per heavy atom. The van der Waals surface area contributed by atoms with Crippen molar-refractivity contribution in [2.45, 2.75) is 87.5 Å². The summed E-state index contributed by atoms with van der Waals surface area (Å²) < 4.78 is 67.6. The Morgan fingerprint density at radius 1 is 0.863 bits per heavy atom. The number of carboxylic acid groups (broad SMARTS) is 2. The molecule has 0 spiro atoms. The van der Waals surface area contributed by atoms with Crippen molar-refractivity contribution < 1.29 is 60.4 Å². The molecule has 3 aliphatic heterocycles. The third kappa shape index (κ3) is 9.90. The summed E-state index contributed by atoms with van der Waals surface area (Å²) in [5.41, 5.74) is 3.63. The average Bonchev–Trinajstić information content (AvgIpc) is 3.69. The van der Waals surface area contributed by atoms with E-state index >= 15 is 0 Å². The van der Waals surface area contributed by atoms with Crippen molar-refractivity contribution in [2.75, 3.05) is 18.0 Å². The lowest BCUT2D eigenvalue weighted by molar-refractivity contribution is -0.441. The highest BCUT2D eigenvalue weighted by atomic mass is 32.2. The highest BCUT2D eigenvalue weighted by molar-refractivity contribution is 7.86. The molecule has 0 fully saturated rings. The highest BCUT2D eigenvalue weighted by Gasteiger charge is 2.47. The number of hydrogen-bond acceptors (Lipinski definition) is 11. The number of nitrogens with one attached hydrogen (secondary N) is 1. The van der Waals surface area contributed by atoms with Crippen molar-refractivity contribution in [1.29, 1.82) is 0 Å². The van der Waals surface area contributed by atoms with E-state index in [0.29, 0.717) is 60.1 Å². The first-order chi connectivity index (χ1) is 34.6. The molecule has 1 amide bonds. The smallest absolute Gasteiger partial charge is 0.336 e. The molecule has 0 bridgehead atoms. The Hall–Kier alpha value is -7.51. The predicted molar refractivity (Wildman–Crippen MR) is 276 cm³/mol. The number of fused-ring (bicyclic) bond motifs is 4. The number of amides is 1. The second kappa shape index (κ2) is 20.2. The molecule has 3 heterocycles. The standard InChI is InChI=1S/C55H53N3O13S2/c1-6-57-42-25-21-34(72(66)67)30-41(42)55(4,5)46(57)16-9-7-10-17-47-54(2,3)40-14-13-15-45(73(68,69)70)50(40)58(47)27-12-8-11-18-48(61)56-31-39-43(60)26-24-37-49(36-23-20-33(59)29-44(36)71-51(37)39)35-22-19-32(52(62)63)28-38(35)53(64)65/h7,9-10,13-17,19-26,28-30H,6,8,11-12,18,27,31H2,1-5H3,(H5-,56,59,60,61,62,63,64,65,66,67,68,69,70). The minimum Gasteiger partial charge on any atom is -0.768 e. The summed E-state index contributed by atoms with van der Waals surface area (Å²) in [7, 11) is -4.63. The van der Waals surface area contributed by atoms with Gasteiger partial charge in [0.15, 0.2) is 16.0 Å². The summed E-state index contributed by atoms with van der Waals surface area (Å²) in [6.07, 6.45) is 11.1. The second-order valence-corrected chi connectivity index (χ2v) is 21.2. The zero-order valence-corrected chi connectivity index (χ0v) is 42.2. The van der Waals surface area contributed by atoms with Gasteiger partial charge in [-0.3, -0.25) is 18.4 Å². The van der Waals surface area contributed by atoms with Gasteiger partial charge in [0, 0.05) is 75.3 Å². The Kier molecular flexibility index (Phi) is 14.3. The molecule has 8 rings (SSSR count). The van der Waals surface area contributed by atoms with Crippen LogP contribution in [0.4, 0.5) is 11.4 Å². The third-order valence-corrected chi connectivity index (χ3v) is 15.2. The van der Waals surface area contributed by atoms with Crippen LogP contribution in [-0.4, -0.2) is 78.3 Å². The highest BCUT2D eigenvalue weighted by Crippen LogP contribution is 2.49. The molecule has 73 heavy (non-hydrogen) atoms. The van der Waals surface area contributed by atoms with E-state index < -0.39 is 49.4 Å². The van der Waals surface area contributed by atoms with Gasteiger partial charge >= 0.3 is 22.1 Å². The SMILES string of the molecule is CCN1C(=CC=CC=CC2=[N+](CCCCCC(=O)NCc3c(O)ccc4c(-c5ccc(C(=O)O)cc5C(=O)O)c5ccc(=O)cc-5oc34)c3c(cccc3S(=O)(=O)O)C2(C)C)C(C)(C)c2cc(S(=O)[O-])ccc21. The largest absolute Gasteiger partial charge is 0.768 e. The molecule has 18 heteroatoms. The molecule has 1 atom stereocenters. The summed E-state index contributed by atoms with van der Waals surface area (Å²) in [6, 6.07) is 20.5. The number of aromatic hydroxyl groups is 1. The minimum absolute atomic E-state index is 0.0716. The Labute approximate surface area is 423 Å². The number of aromatic carboxylic acids is 2. The van der Waals surface area contributed by atoms with Crippen molar-refractivity contribution in [3.8, 4) is 28.2 Å². The maximum Gasteiger partial charge on any atom is 0.336 e. The number of likely N-dealkylation sites (N-methyl/N-ethyl adjacent to an activating group) is 1. The molecule has 378 valence electrons. The van der Waals surface area contributed by atoms with Crippen molar-refractivity contribution in [3.63, 3.8) is 0 Å².